The van der Waals surface area contributed by atoms with Crippen molar-refractivity contribution in [3.05, 3.63) is 63.6 Å². The van der Waals surface area contributed by atoms with Gasteiger partial charge in [0.05, 0.1) is 22.0 Å². The lowest BCUT2D eigenvalue weighted by molar-refractivity contribution is -0.120. The van der Waals surface area contributed by atoms with E-state index in [0.717, 1.165) is 18.4 Å². The van der Waals surface area contributed by atoms with Crippen LogP contribution in [0.3, 0.4) is 0 Å². The summed E-state index contributed by atoms with van der Waals surface area (Å²) in [4.78, 5) is 24.4. The van der Waals surface area contributed by atoms with Crippen molar-refractivity contribution in [2.45, 2.75) is 24.3 Å². The maximum atomic E-state index is 12.5. The van der Waals surface area contributed by atoms with E-state index in [1.165, 1.54) is 22.5 Å². The first-order chi connectivity index (χ1) is 14.3. The second kappa shape index (κ2) is 9.78. The molecule has 0 spiro atoms. The number of halogens is 2. The summed E-state index contributed by atoms with van der Waals surface area (Å²) < 4.78 is 26.5. The molecule has 7 nitrogen and oxygen atoms in total. The summed E-state index contributed by atoms with van der Waals surface area (Å²) in [6.45, 7) is 1.08. The molecule has 2 aromatic carbocycles. The lowest BCUT2D eigenvalue weighted by atomic mass is 10.2. The number of hydrogen-bond donors (Lipinski definition) is 2. The molecule has 1 fully saturated rings. The maximum absolute atomic E-state index is 12.5. The Bertz CT molecular complexity index is 1040. The standard InChI is InChI=1S/C20H21Cl2N3O4S/c21-15-5-8-17(18(22)11-15)20(27)24-13-19(26)23-12-14-3-6-16(7-4-14)30(28,29)25-9-1-2-10-25/h3-8,11H,1-2,9-10,12-13H2,(H,23,26)(H,24,27). The third-order valence-electron chi connectivity index (χ3n) is 4.70. The highest BCUT2D eigenvalue weighted by Gasteiger charge is 2.26. The van der Waals surface area contributed by atoms with Gasteiger partial charge in [0.25, 0.3) is 5.91 Å². The zero-order chi connectivity index (χ0) is 21.7. The van der Waals surface area contributed by atoms with Crippen LogP contribution in [0.25, 0.3) is 0 Å². The average molecular weight is 470 g/mol. The van der Waals surface area contributed by atoms with Crippen LogP contribution in [-0.4, -0.2) is 44.2 Å². The summed E-state index contributed by atoms with van der Waals surface area (Å²) in [6.07, 6.45) is 1.76. The lowest BCUT2D eigenvalue weighted by Gasteiger charge is -2.15. The van der Waals surface area contributed by atoms with Crippen molar-refractivity contribution in [1.29, 1.82) is 0 Å². The van der Waals surface area contributed by atoms with Crippen molar-refractivity contribution in [3.63, 3.8) is 0 Å². The Morgan fingerprint density at radius 1 is 0.967 bits per heavy atom. The van der Waals surface area contributed by atoms with Gasteiger partial charge >= 0.3 is 0 Å². The average Bonchev–Trinajstić information content (AvgIpc) is 3.26. The molecule has 3 rings (SSSR count). The van der Waals surface area contributed by atoms with Crippen LogP contribution in [0.1, 0.15) is 28.8 Å². The van der Waals surface area contributed by atoms with Gasteiger partial charge in [-0.25, -0.2) is 8.42 Å². The lowest BCUT2D eigenvalue weighted by Crippen LogP contribution is -2.36. The van der Waals surface area contributed by atoms with Crippen molar-refractivity contribution >= 4 is 45.0 Å². The van der Waals surface area contributed by atoms with E-state index in [4.69, 9.17) is 23.2 Å². The zero-order valence-corrected chi connectivity index (χ0v) is 18.4. The third-order valence-corrected chi connectivity index (χ3v) is 7.16. The molecule has 0 radical (unpaired) electrons. The Morgan fingerprint density at radius 3 is 2.27 bits per heavy atom. The molecule has 1 aliphatic rings. The smallest absolute Gasteiger partial charge is 0.253 e. The third kappa shape index (κ3) is 5.51. The zero-order valence-electron chi connectivity index (χ0n) is 16.0. The Balaban J connectivity index is 1.49. The van der Waals surface area contributed by atoms with E-state index in [1.807, 2.05) is 0 Å². The van der Waals surface area contributed by atoms with Crippen molar-refractivity contribution in [2.24, 2.45) is 0 Å². The van der Waals surface area contributed by atoms with Gasteiger partial charge in [-0.3, -0.25) is 9.59 Å². The molecule has 1 saturated heterocycles. The summed E-state index contributed by atoms with van der Waals surface area (Å²) in [5.41, 5.74) is 0.972. The van der Waals surface area contributed by atoms with E-state index < -0.39 is 15.9 Å². The number of hydrogen-bond acceptors (Lipinski definition) is 4. The van der Waals surface area contributed by atoms with Crippen LogP contribution in [0.15, 0.2) is 47.4 Å². The van der Waals surface area contributed by atoms with Crippen molar-refractivity contribution in [3.8, 4) is 0 Å². The number of sulfonamides is 1. The van der Waals surface area contributed by atoms with Gasteiger partial charge in [-0.15, -0.1) is 0 Å². The maximum Gasteiger partial charge on any atom is 0.253 e. The molecule has 10 heteroatoms. The molecule has 0 unspecified atom stereocenters. The number of carbonyl (C=O) groups excluding carboxylic acids is 2. The van der Waals surface area contributed by atoms with Crippen molar-refractivity contribution in [1.82, 2.24) is 14.9 Å². The fourth-order valence-corrected chi connectivity index (χ4v) is 5.06. The summed E-state index contributed by atoms with van der Waals surface area (Å²) in [6, 6.07) is 10.9. The number of carbonyl (C=O) groups is 2. The second-order valence-electron chi connectivity index (χ2n) is 6.84. The van der Waals surface area contributed by atoms with Gasteiger partial charge in [-0.2, -0.15) is 4.31 Å². The normalized spacial score (nSPS) is 14.5. The van der Waals surface area contributed by atoms with Crippen LogP contribution < -0.4 is 10.6 Å². The van der Waals surface area contributed by atoms with E-state index in [-0.39, 0.29) is 34.5 Å². The minimum Gasteiger partial charge on any atom is -0.350 e. The fraction of sp³-hybridized carbons (Fsp3) is 0.300. The Morgan fingerprint density at radius 2 is 1.63 bits per heavy atom. The van der Waals surface area contributed by atoms with E-state index >= 15 is 0 Å². The molecule has 1 aliphatic heterocycles. The van der Waals surface area contributed by atoms with Crippen LogP contribution >= 0.6 is 23.2 Å². The monoisotopic (exact) mass is 469 g/mol. The van der Waals surface area contributed by atoms with Gasteiger partial charge in [0, 0.05) is 24.7 Å². The largest absolute Gasteiger partial charge is 0.350 e. The number of nitrogens with one attached hydrogen (secondary N) is 2. The highest BCUT2D eigenvalue weighted by Crippen LogP contribution is 2.22. The topological polar surface area (TPSA) is 95.6 Å². The van der Waals surface area contributed by atoms with Gasteiger partial charge in [0.15, 0.2) is 0 Å². The minimum atomic E-state index is -3.46. The van der Waals surface area contributed by atoms with Gasteiger partial charge in [-0.1, -0.05) is 35.3 Å². The second-order valence-corrected chi connectivity index (χ2v) is 9.62. The fourth-order valence-electron chi connectivity index (χ4n) is 3.05. The first-order valence-electron chi connectivity index (χ1n) is 9.36. The number of benzene rings is 2. The van der Waals surface area contributed by atoms with Crippen molar-refractivity contribution in [2.75, 3.05) is 19.6 Å². The van der Waals surface area contributed by atoms with Crippen LogP contribution in [0.2, 0.25) is 10.0 Å². The number of amides is 2. The molecular weight excluding hydrogens is 449 g/mol. The molecule has 2 N–H and O–H groups in total. The Hall–Kier alpha value is -2.13. The van der Waals surface area contributed by atoms with Crippen molar-refractivity contribution < 1.29 is 18.0 Å². The summed E-state index contributed by atoms with van der Waals surface area (Å²) in [7, 11) is -3.46. The highest BCUT2D eigenvalue weighted by molar-refractivity contribution is 7.89. The number of nitrogens with zero attached hydrogens (tertiary/aromatic N) is 1. The molecule has 160 valence electrons. The first-order valence-corrected chi connectivity index (χ1v) is 11.6. The summed E-state index contributed by atoms with van der Waals surface area (Å²) in [5.74, 6) is -0.870. The van der Waals surface area contributed by atoms with Crippen LogP contribution in [-0.2, 0) is 21.4 Å². The molecule has 0 aliphatic carbocycles. The molecule has 0 aromatic heterocycles. The Kier molecular flexibility index (Phi) is 7.36. The van der Waals surface area contributed by atoms with Crippen LogP contribution in [0.4, 0.5) is 0 Å². The van der Waals surface area contributed by atoms with Crippen LogP contribution in [0, 0.1) is 0 Å². The molecule has 2 aromatic rings. The van der Waals surface area contributed by atoms with Gasteiger partial charge < -0.3 is 10.6 Å². The number of rotatable bonds is 7. The predicted octanol–water partition coefficient (Wildman–Crippen LogP) is 2.82. The quantitative estimate of drug-likeness (QED) is 0.651. The SMILES string of the molecule is O=C(CNC(=O)c1ccc(Cl)cc1Cl)NCc1ccc(S(=O)(=O)N2CCCC2)cc1. The van der Waals surface area contributed by atoms with E-state index in [1.54, 1.807) is 24.3 Å². The van der Waals surface area contributed by atoms with Gasteiger partial charge in [-0.05, 0) is 48.7 Å². The van der Waals surface area contributed by atoms with Gasteiger partial charge in [0.1, 0.15) is 0 Å². The first kappa shape index (κ1) is 22.6. The highest BCUT2D eigenvalue weighted by atomic mass is 35.5. The van der Waals surface area contributed by atoms with E-state index in [9.17, 15) is 18.0 Å². The molecule has 30 heavy (non-hydrogen) atoms. The minimum absolute atomic E-state index is 0.199. The summed E-state index contributed by atoms with van der Waals surface area (Å²) >= 11 is 11.8. The molecule has 0 atom stereocenters. The molecule has 0 saturated carbocycles. The predicted molar refractivity (Wildman–Crippen MR) is 115 cm³/mol. The van der Waals surface area contributed by atoms with Gasteiger partial charge in [0.2, 0.25) is 15.9 Å². The van der Waals surface area contributed by atoms with Crippen LogP contribution in [0.5, 0.6) is 0 Å². The molecular formula is C20H21Cl2N3O4S. The molecule has 0 bridgehead atoms. The summed E-state index contributed by atoms with van der Waals surface area (Å²) in [5, 5.41) is 5.78. The Labute approximate surface area is 185 Å². The molecule has 2 amide bonds. The molecule has 1 heterocycles. The van der Waals surface area contributed by atoms with E-state index in [0.29, 0.717) is 18.1 Å². The van der Waals surface area contributed by atoms with E-state index in [2.05, 4.69) is 10.6 Å².